The standard InChI is InChI=1S/C16H19NO4/c1-3-4-8-12(16(19)20)17-15(18)13-9-11-7-5-6-10(2)14(11)21-13/h5-7,9,12H,3-4,8H2,1-2H3,(H,17,18)(H,19,20). The van der Waals surface area contributed by atoms with Gasteiger partial charge in [0.1, 0.15) is 11.6 Å². The van der Waals surface area contributed by atoms with E-state index in [1.54, 1.807) is 6.07 Å². The van der Waals surface area contributed by atoms with Crippen molar-refractivity contribution in [3.05, 3.63) is 35.6 Å². The maximum Gasteiger partial charge on any atom is 0.326 e. The second kappa shape index (κ2) is 6.43. The number of para-hydroxylation sites is 1. The number of hydrogen-bond donors (Lipinski definition) is 2. The van der Waals surface area contributed by atoms with Crippen molar-refractivity contribution in [1.82, 2.24) is 5.32 Å². The molecule has 0 saturated heterocycles. The van der Waals surface area contributed by atoms with E-state index in [0.717, 1.165) is 23.8 Å². The van der Waals surface area contributed by atoms with E-state index in [0.29, 0.717) is 12.0 Å². The molecule has 0 aliphatic rings. The third kappa shape index (κ3) is 3.42. The molecular weight excluding hydrogens is 270 g/mol. The van der Waals surface area contributed by atoms with E-state index in [1.165, 1.54) is 0 Å². The first-order valence-electron chi connectivity index (χ1n) is 7.05. The van der Waals surface area contributed by atoms with Gasteiger partial charge in [-0.25, -0.2) is 4.79 Å². The van der Waals surface area contributed by atoms with Gasteiger partial charge in [0.25, 0.3) is 5.91 Å². The minimum Gasteiger partial charge on any atom is -0.480 e. The maximum absolute atomic E-state index is 12.1. The molecule has 5 nitrogen and oxygen atoms in total. The van der Waals surface area contributed by atoms with E-state index >= 15 is 0 Å². The summed E-state index contributed by atoms with van der Waals surface area (Å²) < 4.78 is 5.54. The van der Waals surface area contributed by atoms with E-state index in [9.17, 15) is 9.59 Å². The van der Waals surface area contributed by atoms with Gasteiger partial charge in [-0.3, -0.25) is 4.79 Å². The van der Waals surface area contributed by atoms with Crippen LogP contribution in [-0.2, 0) is 4.79 Å². The number of furan rings is 1. The van der Waals surface area contributed by atoms with E-state index < -0.39 is 17.9 Å². The number of fused-ring (bicyclic) bond motifs is 1. The van der Waals surface area contributed by atoms with Crippen LogP contribution in [0.1, 0.15) is 42.3 Å². The second-order valence-electron chi connectivity index (χ2n) is 5.11. The molecule has 0 aliphatic heterocycles. The lowest BCUT2D eigenvalue weighted by molar-refractivity contribution is -0.139. The Labute approximate surface area is 122 Å². The van der Waals surface area contributed by atoms with Crippen LogP contribution in [0.5, 0.6) is 0 Å². The lowest BCUT2D eigenvalue weighted by Gasteiger charge is -2.12. The minimum atomic E-state index is -1.02. The summed E-state index contributed by atoms with van der Waals surface area (Å²) in [6.07, 6.45) is 2.04. The summed E-state index contributed by atoms with van der Waals surface area (Å²) in [5.41, 5.74) is 1.59. The molecule has 1 aromatic carbocycles. The number of carboxylic acid groups (broad SMARTS) is 1. The van der Waals surface area contributed by atoms with Crippen LogP contribution in [0, 0.1) is 6.92 Å². The molecule has 0 aliphatic carbocycles. The van der Waals surface area contributed by atoms with Gasteiger partial charge in [-0.1, -0.05) is 38.0 Å². The van der Waals surface area contributed by atoms with Gasteiger partial charge >= 0.3 is 5.97 Å². The number of carbonyl (C=O) groups excluding carboxylic acids is 1. The molecule has 2 aromatic rings. The van der Waals surface area contributed by atoms with Crippen molar-refractivity contribution in [3.8, 4) is 0 Å². The van der Waals surface area contributed by atoms with Crippen LogP contribution in [0.2, 0.25) is 0 Å². The van der Waals surface area contributed by atoms with Crippen LogP contribution >= 0.6 is 0 Å². The van der Waals surface area contributed by atoms with E-state index in [-0.39, 0.29) is 5.76 Å². The van der Waals surface area contributed by atoms with Crippen molar-refractivity contribution < 1.29 is 19.1 Å². The Bertz CT molecular complexity index is 659. The fraction of sp³-hybridized carbons (Fsp3) is 0.375. The predicted molar refractivity (Wildman–Crippen MR) is 79.4 cm³/mol. The summed E-state index contributed by atoms with van der Waals surface area (Å²) >= 11 is 0. The molecule has 0 spiro atoms. The fourth-order valence-corrected chi connectivity index (χ4v) is 2.22. The number of benzene rings is 1. The Hall–Kier alpha value is -2.30. The summed E-state index contributed by atoms with van der Waals surface area (Å²) in [6.45, 7) is 3.87. The summed E-state index contributed by atoms with van der Waals surface area (Å²) in [5.74, 6) is -1.37. The van der Waals surface area contributed by atoms with Crippen molar-refractivity contribution in [2.45, 2.75) is 39.2 Å². The normalized spacial score (nSPS) is 12.3. The highest BCUT2D eigenvalue weighted by Crippen LogP contribution is 2.22. The average Bonchev–Trinajstić information content (AvgIpc) is 2.88. The van der Waals surface area contributed by atoms with Crippen LogP contribution in [0.3, 0.4) is 0 Å². The van der Waals surface area contributed by atoms with Crippen LogP contribution in [0.25, 0.3) is 11.0 Å². The Balaban J connectivity index is 2.17. The molecular formula is C16H19NO4. The molecule has 2 N–H and O–H groups in total. The van der Waals surface area contributed by atoms with Crippen LogP contribution < -0.4 is 5.32 Å². The smallest absolute Gasteiger partial charge is 0.326 e. The number of hydrogen-bond acceptors (Lipinski definition) is 3. The third-order valence-electron chi connectivity index (χ3n) is 3.41. The molecule has 1 aromatic heterocycles. The number of carbonyl (C=O) groups is 2. The van der Waals surface area contributed by atoms with Crippen LogP contribution in [0.4, 0.5) is 0 Å². The number of unbranched alkanes of at least 4 members (excludes halogenated alkanes) is 1. The van der Waals surface area contributed by atoms with E-state index in [4.69, 9.17) is 9.52 Å². The monoisotopic (exact) mass is 289 g/mol. The first-order valence-corrected chi connectivity index (χ1v) is 7.05. The van der Waals surface area contributed by atoms with Crippen LogP contribution in [0.15, 0.2) is 28.7 Å². The molecule has 1 heterocycles. The zero-order valence-corrected chi connectivity index (χ0v) is 12.2. The summed E-state index contributed by atoms with van der Waals surface area (Å²) in [4.78, 5) is 23.3. The third-order valence-corrected chi connectivity index (χ3v) is 3.41. The molecule has 112 valence electrons. The number of aryl methyl sites for hydroxylation is 1. The highest BCUT2D eigenvalue weighted by Gasteiger charge is 2.22. The lowest BCUT2D eigenvalue weighted by atomic mass is 10.1. The SMILES string of the molecule is CCCCC(NC(=O)c1cc2cccc(C)c2o1)C(=O)O. The summed E-state index contributed by atoms with van der Waals surface area (Å²) in [5, 5.41) is 12.5. The highest BCUT2D eigenvalue weighted by atomic mass is 16.4. The molecule has 0 fully saturated rings. The number of amides is 1. The molecule has 5 heteroatoms. The first-order chi connectivity index (χ1) is 10.0. The highest BCUT2D eigenvalue weighted by molar-refractivity contribution is 5.98. The van der Waals surface area contributed by atoms with Crippen molar-refractivity contribution in [2.75, 3.05) is 0 Å². The second-order valence-corrected chi connectivity index (χ2v) is 5.11. The Morgan fingerprint density at radius 1 is 1.38 bits per heavy atom. The summed E-state index contributed by atoms with van der Waals surface area (Å²) in [6, 6.07) is 6.39. The number of rotatable bonds is 6. The van der Waals surface area contributed by atoms with Gasteiger partial charge in [0, 0.05) is 5.39 Å². The quantitative estimate of drug-likeness (QED) is 0.856. The zero-order valence-electron chi connectivity index (χ0n) is 12.2. The lowest BCUT2D eigenvalue weighted by Crippen LogP contribution is -2.40. The van der Waals surface area contributed by atoms with Crippen LogP contribution in [-0.4, -0.2) is 23.0 Å². The Morgan fingerprint density at radius 3 is 2.76 bits per heavy atom. The van der Waals surface area contributed by atoms with Crippen molar-refractivity contribution in [1.29, 1.82) is 0 Å². The van der Waals surface area contributed by atoms with Crippen molar-refractivity contribution >= 4 is 22.8 Å². The first kappa shape index (κ1) is 15.1. The number of carboxylic acids is 1. The maximum atomic E-state index is 12.1. The fourth-order valence-electron chi connectivity index (χ4n) is 2.22. The molecule has 21 heavy (non-hydrogen) atoms. The van der Waals surface area contributed by atoms with Gasteiger partial charge in [-0.15, -0.1) is 0 Å². The largest absolute Gasteiger partial charge is 0.480 e. The molecule has 2 rings (SSSR count). The van der Waals surface area contributed by atoms with E-state index in [1.807, 2.05) is 32.0 Å². The van der Waals surface area contributed by atoms with Crippen molar-refractivity contribution in [2.24, 2.45) is 0 Å². The summed E-state index contributed by atoms with van der Waals surface area (Å²) in [7, 11) is 0. The van der Waals surface area contributed by atoms with Gasteiger partial charge in [0.05, 0.1) is 0 Å². The predicted octanol–water partition coefficient (Wildman–Crippen LogP) is 3.11. The molecule has 1 amide bonds. The van der Waals surface area contributed by atoms with Crippen molar-refractivity contribution in [3.63, 3.8) is 0 Å². The molecule has 1 unspecified atom stereocenters. The molecule has 0 radical (unpaired) electrons. The zero-order chi connectivity index (χ0) is 15.4. The van der Waals surface area contributed by atoms with Gasteiger partial charge in [-0.2, -0.15) is 0 Å². The van der Waals surface area contributed by atoms with Gasteiger partial charge in [0.15, 0.2) is 5.76 Å². The number of nitrogens with one attached hydrogen (secondary N) is 1. The number of aliphatic carboxylic acids is 1. The van der Waals surface area contributed by atoms with Gasteiger partial charge < -0.3 is 14.8 Å². The Morgan fingerprint density at radius 2 is 2.14 bits per heavy atom. The van der Waals surface area contributed by atoms with Gasteiger partial charge in [-0.05, 0) is 25.0 Å². The van der Waals surface area contributed by atoms with E-state index in [2.05, 4.69) is 5.32 Å². The molecule has 0 bridgehead atoms. The average molecular weight is 289 g/mol. The Kier molecular flexibility index (Phi) is 4.62. The molecule has 1 atom stereocenters. The topological polar surface area (TPSA) is 79.5 Å². The molecule has 0 saturated carbocycles. The van der Waals surface area contributed by atoms with Gasteiger partial charge in [0.2, 0.25) is 0 Å². The minimum absolute atomic E-state index is 0.141.